The van der Waals surface area contributed by atoms with Gasteiger partial charge in [-0.3, -0.25) is 0 Å². The van der Waals surface area contributed by atoms with E-state index < -0.39 is 0 Å². The smallest absolute Gasteiger partial charge is 0.0430 e. The second-order valence-corrected chi connectivity index (χ2v) is 6.55. The molecule has 0 spiro atoms. The fourth-order valence-corrected chi connectivity index (χ4v) is 3.82. The van der Waals surface area contributed by atoms with Crippen LogP contribution in [0.15, 0.2) is 24.3 Å². The Hall–Kier alpha value is -2.48. The van der Waals surface area contributed by atoms with E-state index in [0.29, 0.717) is 0 Å². The molecule has 0 atom stereocenters. The Morgan fingerprint density at radius 1 is 0.542 bits per heavy atom. The normalized spacial score (nSPS) is 11.2. The molecular weight excluding hydrogens is 292 g/mol. The van der Waals surface area contributed by atoms with Crippen LogP contribution in [0.3, 0.4) is 0 Å². The van der Waals surface area contributed by atoms with Crippen molar-refractivity contribution in [2.24, 2.45) is 0 Å². The number of aryl methyl sites for hydroxylation is 4. The summed E-state index contributed by atoms with van der Waals surface area (Å²) in [5.41, 5.74) is 19.5. The van der Waals surface area contributed by atoms with Crippen molar-refractivity contribution in [2.75, 3.05) is 11.5 Å². The van der Waals surface area contributed by atoms with E-state index in [1.165, 1.54) is 32.7 Å². The molecule has 0 radical (unpaired) electrons. The number of hydrogen-bond acceptors (Lipinski definition) is 2. The van der Waals surface area contributed by atoms with Crippen LogP contribution >= 0.6 is 0 Å². The van der Waals surface area contributed by atoms with Gasteiger partial charge in [0.25, 0.3) is 0 Å². The van der Waals surface area contributed by atoms with Crippen molar-refractivity contribution >= 4 is 43.7 Å². The first-order valence-electron chi connectivity index (χ1n) is 8.64. The van der Waals surface area contributed by atoms with Crippen molar-refractivity contribution in [1.82, 2.24) is 0 Å². The fraction of sp³-hybridized carbons (Fsp3) is 0.273. The monoisotopic (exact) mass is 318 g/mol. The van der Waals surface area contributed by atoms with Crippen LogP contribution in [0, 0.1) is 27.7 Å². The highest BCUT2D eigenvalue weighted by atomic mass is 14.6. The molecule has 124 valence electrons. The van der Waals surface area contributed by atoms with Gasteiger partial charge in [-0.05, 0) is 83.6 Å². The van der Waals surface area contributed by atoms with Gasteiger partial charge < -0.3 is 11.5 Å². The summed E-state index contributed by atoms with van der Waals surface area (Å²) < 4.78 is 0. The summed E-state index contributed by atoms with van der Waals surface area (Å²) in [5.74, 6) is 0. The van der Waals surface area contributed by atoms with E-state index in [-0.39, 0.29) is 0 Å². The SMILES string of the molecule is CC.Cc1cc2c(C)c(N)c3cc(C)cc4c(C)c(N)c(c1)c2c43. The number of nitrogens with two attached hydrogens (primary N) is 2. The van der Waals surface area contributed by atoms with Gasteiger partial charge in [-0.15, -0.1) is 0 Å². The average Bonchev–Trinajstić information content (AvgIpc) is 2.58. The van der Waals surface area contributed by atoms with Gasteiger partial charge in [-0.1, -0.05) is 26.0 Å². The molecule has 0 fully saturated rings. The van der Waals surface area contributed by atoms with Crippen molar-refractivity contribution < 1.29 is 0 Å². The first kappa shape index (κ1) is 16.4. The molecule has 4 aromatic rings. The lowest BCUT2D eigenvalue weighted by Crippen LogP contribution is -2.00. The van der Waals surface area contributed by atoms with Gasteiger partial charge in [0.05, 0.1) is 0 Å². The number of hydrogen-bond donors (Lipinski definition) is 2. The standard InChI is InChI=1S/C20H20N2.C2H6/c1-9-5-13-11(3)20(22)16-8-10(2)6-14-12(4)19(21)15(7-9)17(13)18(14)16;1-2/h5-8H,21-22H2,1-4H3;1-2H3. The van der Waals surface area contributed by atoms with Crippen LogP contribution in [0.4, 0.5) is 11.4 Å². The number of nitrogen functional groups attached to an aromatic ring is 2. The highest BCUT2D eigenvalue weighted by molar-refractivity contribution is 6.30. The molecular formula is C22H26N2. The lowest BCUT2D eigenvalue weighted by molar-refractivity contribution is 1.46. The van der Waals surface area contributed by atoms with Crippen LogP contribution in [-0.2, 0) is 0 Å². The van der Waals surface area contributed by atoms with Crippen molar-refractivity contribution in [3.63, 3.8) is 0 Å². The number of benzene rings is 4. The van der Waals surface area contributed by atoms with Crippen molar-refractivity contribution in [2.45, 2.75) is 41.5 Å². The predicted molar refractivity (Wildman–Crippen MR) is 109 cm³/mol. The summed E-state index contributed by atoms with van der Waals surface area (Å²) in [5, 5.41) is 7.26. The molecule has 0 saturated heterocycles. The summed E-state index contributed by atoms with van der Waals surface area (Å²) in [6.07, 6.45) is 0. The molecule has 0 aliphatic carbocycles. The first-order valence-corrected chi connectivity index (χ1v) is 8.64. The van der Waals surface area contributed by atoms with Crippen LogP contribution in [0.1, 0.15) is 36.1 Å². The first-order chi connectivity index (χ1) is 11.4. The Balaban J connectivity index is 0.000000815. The molecule has 0 unspecified atom stereocenters. The van der Waals surface area contributed by atoms with Gasteiger partial charge in [0, 0.05) is 22.1 Å². The van der Waals surface area contributed by atoms with E-state index in [4.69, 9.17) is 11.5 Å². The third kappa shape index (κ3) is 2.02. The van der Waals surface area contributed by atoms with Crippen molar-refractivity contribution in [1.29, 1.82) is 0 Å². The van der Waals surface area contributed by atoms with Crippen LogP contribution in [0.25, 0.3) is 32.3 Å². The van der Waals surface area contributed by atoms with Gasteiger partial charge in [-0.2, -0.15) is 0 Å². The summed E-state index contributed by atoms with van der Waals surface area (Å²) in [7, 11) is 0. The fourth-order valence-electron chi connectivity index (χ4n) is 3.82. The van der Waals surface area contributed by atoms with E-state index in [2.05, 4.69) is 52.0 Å². The molecule has 0 aromatic heterocycles. The lowest BCUT2D eigenvalue weighted by atomic mass is 9.85. The van der Waals surface area contributed by atoms with E-state index in [9.17, 15) is 0 Å². The minimum absolute atomic E-state index is 0.886. The molecule has 4 N–H and O–H groups in total. The topological polar surface area (TPSA) is 52.0 Å². The van der Waals surface area contributed by atoms with Crippen LogP contribution in [-0.4, -0.2) is 0 Å². The maximum atomic E-state index is 6.48. The summed E-state index contributed by atoms with van der Waals surface area (Å²) >= 11 is 0. The van der Waals surface area contributed by atoms with Crippen molar-refractivity contribution in [3.8, 4) is 0 Å². The molecule has 0 aliphatic heterocycles. The average molecular weight is 318 g/mol. The maximum absolute atomic E-state index is 6.48. The Bertz CT molecular complexity index is 909. The Morgan fingerprint density at radius 3 is 1.17 bits per heavy atom. The predicted octanol–water partition coefficient (Wildman–Crippen LogP) is 6.01. The molecule has 0 saturated carbocycles. The van der Waals surface area contributed by atoms with Gasteiger partial charge in [0.15, 0.2) is 0 Å². The zero-order chi connectivity index (χ0) is 17.8. The minimum atomic E-state index is 0.886. The van der Waals surface area contributed by atoms with Crippen LogP contribution in [0.5, 0.6) is 0 Å². The molecule has 2 heteroatoms. The van der Waals surface area contributed by atoms with Crippen LogP contribution in [0.2, 0.25) is 0 Å². The van der Waals surface area contributed by atoms with Gasteiger partial charge >= 0.3 is 0 Å². The van der Waals surface area contributed by atoms with Crippen molar-refractivity contribution in [3.05, 3.63) is 46.5 Å². The largest absolute Gasteiger partial charge is 0.398 e. The van der Waals surface area contributed by atoms with Crippen LogP contribution < -0.4 is 11.5 Å². The zero-order valence-electron chi connectivity index (χ0n) is 15.5. The Kier molecular flexibility index (Phi) is 3.79. The Morgan fingerprint density at radius 2 is 0.833 bits per heavy atom. The summed E-state index contributed by atoms with van der Waals surface area (Å²) in [6, 6.07) is 8.83. The second-order valence-electron chi connectivity index (χ2n) is 6.55. The van der Waals surface area contributed by atoms with Gasteiger partial charge in [0.1, 0.15) is 0 Å². The highest BCUT2D eigenvalue weighted by Crippen LogP contribution is 2.45. The Labute approximate surface area is 143 Å². The van der Waals surface area contributed by atoms with E-state index in [0.717, 1.165) is 33.3 Å². The molecule has 4 rings (SSSR count). The molecule has 24 heavy (non-hydrogen) atoms. The van der Waals surface area contributed by atoms with Gasteiger partial charge in [-0.25, -0.2) is 0 Å². The van der Waals surface area contributed by atoms with Gasteiger partial charge in [0.2, 0.25) is 0 Å². The summed E-state index contributed by atoms with van der Waals surface area (Å²) in [4.78, 5) is 0. The third-order valence-corrected chi connectivity index (χ3v) is 5.01. The van der Waals surface area contributed by atoms with E-state index in [1.54, 1.807) is 0 Å². The zero-order valence-corrected chi connectivity index (χ0v) is 15.5. The molecule has 0 aliphatic rings. The summed E-state index contributed by atoms with van der Waals surface area (Å²) in [6.45, 7) is 12.4. The lowest BCUT2D eigenvalue weighted by Gasteiger charge is -2.20. The highest BCUT2D eigenvalue weighted by Gasteiger charge is 2.18. The number of anilines is 2. The number of rotatable bonds is 0. The minimum Gasteiger partial charge on any atom is -0.398 e. The maximum Gasteiger partial charge on any atom is 0.0430 e. The molecule has 0 amide bonds. The molecule has 4 aromatic carbocycles. The quantitative estimate of drug-likeness (QED) is 0.308. The molecule has 2 nitrogen and oxygen atoms in total. The second kappa shape index (κ2) is 5.55. The molecule has 0 bridgehead atoms. The third-order valence-electron chi connectivity index (χ3n) is 5.01. The van der Waals surface area contributed by atoms with E-state index >= 15 is 0 Å². The van der Waals surface area contributed by atoms with E-state index in [1.807, 2.05) is 13.8 Å². The molecule has 0 heterocycles.